The summed E-state index contributed by atoms with van der Waals surface area (Å²) >= 11 is 6.41. The van der Waals surface area contributed by atoms with Crippen LogP contribution in [0.3, 0.4) is 0 Å². The maximum absolute atomic E-state index is 13.1. The molecule has 5 nitrogen and oxygen atoms in total. The number of fused-ring (bicyclic) bond motifs is 1. The summed E-state index contributed by atoms with van der Waals surface area (Å²) < 4.78 is 5.22. The molecule has 0 radical (unpaired) electrons. The number of nitrogens with one attached hydrogen (secondary N) is 1. The average molecular weight is 394 g/mol. The van der Waals surface area contributed by atoms with Crippen molar-refractivity contribution in [2.24, 2.45) is 0 Å². The van der Waals surface area contributed by atoms with Crippen LogP contribution in [0.5, 0.6) is 5.75 Å². The standard InChI is InChI=1S/C22H20ClN3O2/c1-14-5-10-19(18(23)12-14)25-21-20-17(4-3-11-24-20)22(27)26(21)13-15-6-8-16(28-2)9-7-15/h3-12,21,25H,13H2,1-2H3/t21-/m0/s1. The maximum atomic E-state index is 13.1. The monoisotopic (exact) mass is 393 g/mol. The van der Waals surface area contributed by atoms with Gasteiger partial charge in [-0.1, -0.05) is 29.8 Å². The molecule has 1 aliphatic rings. The Morgan fingerprint density at radius 2 is 1.96 bits per heavy atom. The SMILES string of the molecule is COc1ccc(CN2C(=O)c3cccnc3[C@H]2Nc2ccc(C)cc2Cl)cc1. The highest BCUT2D eigenvalue weighted by Gasteiger charge is 2.38. The maximum Gasteiger partial charge on any atom is 0.258 e. The van der Waals surface area contributed by atoms with Crippen molar-refractivity contribution in [3.63, 3.8) is 0 Å². The predicted octanol–water partition coefficient (Wildman–Crippen LogP) is 4.82. The number of anilines is 1. The van der Waals surface area contributed by atoms with Gasteiger partial charge >= 0.3 is 0 Å². The van der Waals surface area contributed by atoms with E-state index in [1.54, 1.807) is 24.3 Å². The van der Waals surface area contributed by atoms with Crippen LogP contribution >= 0.6 is 11.6 Å². The van der Waals surface area contributed by atoms with Crippen molar-refractivity contribution in [3.8, 4) is 5.75 Å². The third-order valence-electron chi connectivity index (χ3n) is 4.83. The normalized spacial score (nSPS) is 15.5. The fourth-order valence-electron chi connectivity index (χ4n) is 3.36. The zero-order valence-corrected chi connectivity index (χ0v) is 16.4. The van der Waals surface area contributed by atoms with Crippen LogP contribution in [-0.4, -0.2) is 22.9 Å². The summed E-state index contributed by atoms with van der Waals surface area (Å²) in [7, 11) is 1.63. The number of amides is 1. The number of benzene rings is 2. The molecule has 1 aromatic heterocycles. The minimum atomic E-state index is -0.397. The number of halogens is 1. The van der Waals surface area contributed by atoms with Crippen molar-refractivity contribution >= 4 is 23.2 Å². The molecule has 0 saturated carbocycles. The Morgan fingerprint density at radius 1 is 1.18 bits per heavy atom. The van der Waals surface area contributed by atoms with E-state index in [-0.39, 0.29) is 5.91 Å². The number of carbonyl (C=O) groups is 1. The Morgan fingerprint density at radius 3 is 2.68 bits per heavy atom. The number of ether oxygens (including phenoxy) is 1. The molecular weight excluding hydrogens is 374 g/mol. The molecule has 3 aromatic rings. The van der Waals surface area contributed by atoms with Crippen LogP contribution in [0.1, 0.15) is 33.3 Å². The van der Waals surface area contributed by atoms with E-state index in [2.05, 4.69) is 10.3 Å². The van der Waals surface area contributed by atoms with Crippen molar-refractivity contribution in [2.45, 2.75) is 19.6 Å². The fraction of sp³-hybridized carbons (Fsp3) is 0.182. The zero-order valence-electron chi connectivity index (χ0n) is 15.6. The van der Waals surface area contributed by atoms with E-state index in [1.807, 2.05) is 55.5 Å². The highest BCUT2D eigenvalue weighted by molar-refractivity contribution is 6.33. The van der Waals surface area contributed by atoms with Gasteiger partial charge in [0.2, 0.25) is 0 Å². The van der Waals surface area contributed by atoms with Gasteiger partial charge in [-0.15, -0.1) is 0 Å². The van der Waals surface area contributed by atoms with Crippen LogP contribution in [0.25, 0.3) is 0 Å². The average Bonchev–Trinajstić information content (AvgIpc) is 2.96. The molecule has 0 bridgehead atoms. The summed E-state index contributed by atoms with van der Waals surface area (Å²) in [6, 6.07) is 17.1. The molecular formula is C22H20ClN3O2. The topological polar surface area (TPSA) is 54.5 Å². The van der Waals surface area contributed by atoms with Crippen molar-refractivity contribution in [1.29, 1.82) is 0 Å². The molecule has 6 heteroatoms. The van der Waals surface area contributed by atoms with Crippen molar-refractivity contribution < 1.29 is 9.53 Å². The number of hydrogen-bond acceptors (Lipinski definition) is 4. The Kier molecular flexibility index (Phi) is 4.92. The minimum Gasteiger partial charge on any atom is -0.497 e. The summed E-state index contributed by atoms with van der Waals surface area (Å²) in [6.45, 7) is 2.43. The van der Waals surface area contributed by atoms with E-state index in [0.29, 0.717) is 22.8 Å². The van der Waals surface area contributed by atoms with Gasteiger partial charge in [-0.25, -0.2) is 0 Å². The molecule has 1 aliphatic heterocycles. The number of methoxy groups -OCH3 is 1. The van der Waals surface area contributed by atoms with Crippen molar-refractivity contribution in [3.05, 3.63) is 88.2 Å². The summed E-state index contributed by atoms with van der Waals surface area (Å²) in [5.41, 5.74) is 4.16. The Balaban J connectivity index is 1.67. The number of pyridine rings is 1. The molecule has 0 spiro atoms. The van der Waals surface area contributed by atoms with Gasteiger partial charge in [-0.05, 0) is 54.4 Å². The second-order valence-electron chi connectivity index (χ2n) is 6.75. The predicted molar refractivity (Wildman–Crippen MR) is 110 cm³/mol. The lowest BCUT2D eigenvalue weighted by atomic mass is 10.2. The lowest BCUT2D eigenvalue weighted by Gasteiger charge is -2.27. The molecule has 0 unspecified atom stereocenters. The van der Waals surface area contributed by atoms with Crippen LogP contribution in [0, 0.1) is 6.92 Å². The van der Waals surface area contributed by atoms with Crippen LogP contribution < -0.4 is 10.1 Å². The number of nitrogens with zero attached hydrogens (tertiary/aromatic N) is 2. The van der Waals surface area contributed by atoms with Crippen LogP contribution in [0.4, 0.5) is 5.69 Å². The number of aromatic nitrogens is 1. The first-order valence-corrected chi connectivity index (χ1v) is 9.36. The molecule has 0 saturated heterocycles. The number of rotatable bonds is 5. The van der Waals surface area contributed by atoms with E-state index in [0.717, 1.165) is 22.6 Å². The van der Waals surface area contributed by atoms with Gasteiger partial charge in [-0.2, -0.15) is 0 Å². The zero-order chi connectivity index (χ0) is 19.7. The Hall–Kier alpha value is -3.05. The molecule has 1 amide bonds. The largest absolute Gasteiger partial charge is 0.497 e. The summed E-state index contributed by atoms with van der Waals surface area (Å²) in [4.78, 5) is 19.3. The summed E-state index contributed by atoms with van der Waals surface area (Å²) in [6.07, 6.45) is 1.31. The van der Waals surface area contributed by atoms with Gasteiger partial charge in [0.25, 0.3) is 5.91 Å². The van der Waals surface area contributed by atoms with Gasteiger partial charge < -0.3 is 15.0 Å². The van der Waals surface area contributed by atoms with E-state index in [9.17, 15) is 4.79 Å². The molecule has 1 N–H and O–H groups in total. The highest BCUT2D eigenvalue weighted by atomic mass is 35.5. The third kappa shape index (κ3) is 3.41. The first kappa shape index (κ1) is 18.3. The van der Waals surface area contributed by atoms with Crippen LogP contribution in [-0.2, 0) is 6.54 Å². The number of carbonyl (C=O) groups excluding carboxylic acids is 1. The number of aryl methyl sites for hydroxylation is 1. The van der Waals surface area contributed by atoms with Crippen LogP contribution in [0.2, 0.25) is 5.02 Å². The second kappa shape index (κ2) is 7.52. The van der Waals surface area contributed by atoms with Crippen molar-refractivity contribution in [2.75, 3.05) is 12.4 Å². The van der Waals surface area contributed by atoms with Gasteiger partial charge in [0, 0.05) is 12.7 Å². The summed E-state index contributed by atoms with van der Waals surface area (Å²) in [5.74, 6) is 0.724. The molecule has 4 rings (SSSR count). The third-order valence-corrected chi connectivity index (χ3v) is 5.14. The number of hydrogen-bond donors (Lipinski definition) is 1. The van der Waals surface area contributed by atoms with E-state index < -0.39 is 6.17 Å². The minimum absolute atomic E-state index is 0.0559. The molecule has 1 atom stereocenters. The molecule has 0 aliphatic carbocycles. The quantitative estimate of drug-likeness (QED) is 0.675. The van der Waals surface area contributed by atoms with E-state index in [4.69, 9.17) is 16.3 Å². The smallest absolute Gasteiger partial charge is 0.258 e. The second-order valence-corrected chi connectivity index (χ2v) is 7.15. The van der Waals surface area contributed by atoms with Gasteiger partial charge in [0.1, 0.15) is 11.9 Å². The molecule has 142 valence electrons. The molecule has 0 fully saturated rings. The Labute approximate surface area is 168 Å². The molecule has 28 heavy (non-hydrogen) atoms. The van der Waals surface area contributed by atoms with Gasteiger partial charge in [-0.3, -0.25) is 9.78 Å². The van der Waals surface area contributed by atoms with Gasteiger partial charge in [0.15, 0.2) is 0 Å². The van der Waals surface area contributed by atoms with Crippen LogP contribution in [0.15, 0.2) is 60.8 Å². The summed E-state index contributed by atoms with van der Waals surface area (Å²) in [5, 5.41) is 4.01. The first-order chi connectivity index (χ1) is 13.6. The van der Waals surface area contributed by atoms with Crippen molar-refractivity contribution in [1.82, 2.24) is 9.88 Å². The highest BCUT2D eigenvalue weighted by Crippen LogP contribution is 2.36. The Bertz CT molecular complexity index is 1020. The van der Waals surface area contributed by atoms with E-state index >= 15 is 0 Å². The molecule has 2 aromatic carbocycles. The fourth-order valence-corrected chi connectivity index (χ4v) is 3.65. The van der Waals surface area contributed by atoms with E-state index in [1.165, 1.54) is 0 Å². The first-order valence-electron chi connectivity index (χ1n) is 8.98. The molecule has 2 heterocycles. The lowest BCUT2D eigenvalue weighted by molar-refractivity contribution is 0.0728. The lowest BCUT2D eigenvalue weighted by Crippen LogP contribution is -2.32. The van der Waals surface area contributed by atoms with Gasteiger partial charge in [0.05, 0.1) is 29.1 Å².